The number of hydrogen-bond donors (Lipinski definition) is 1. The normalized spacial score (nSPS) is 25.5. The molecule has 0 aromatic rings. The lowest BCUT2D eigenvalue weighted by Gasteiger charge is -2.33. The molecule has 15 heavy (non-hydrogen) atoms. The van der Waals surface area contributed by atoms with Crippen LogP contribution in [-0.2, 0) is 4.79 Å². The van der Waals surface area contributed by atoms with Crippen molar-refractivity contribution in [2.45, 2.75) is 51.0 Å². The lowest BCUT2D eigenvalue weighted by atomic mass is 9.89. The number of nitrogens with zero attached hydrogens (tertiary/aromatic N) is 1. The summed E-state index contributed by atoms with van der Waals surface area (Å²) >= 11 is 0. The highest BCUT2D eigenvalue weighted by atomic mass is 16.2. The van der Waals surface area contributed by atoms with E-state index in [0.29, 0.717) is 6.54 Å². The highest BCUT2D eigenvalue weighted by Crippen LogP contribution is 2.35. The van der Waals surface area contributed by atoms with E-state index in [1.165, 1.54) is 12.8 Å². The second-order valence-corrected chi connectivity index (χ2v) is 4.45. The van der Waals surface area contributed by atoms with Crippen LogP contribution in [0.2, 0.25) is 0 Å². The van der Waals surface area contributed by atoms with Crippen LogP contribution in [0.3, 0.4) is 0 Å². The first kappa shape index (κ1) is 10.5. The first-order valence-corrected chi connectivity index (χ1v) is 5.84. The molecule has 1 saturated carbocycles. The number of likely N-dealkylation sites (N-methyl/N-ethyl adjacent to an activating group) is 1. The third kappa shape index (κ3) is 1.52. The SMILES string of the molecule is CCN1C(=O)NC(=O)C12CCCCCC2. The van der Waals surface area contributed by atoms with Crippen LogP contribution >= 0.6 is 0 Å². The number of carbonyl (C=O) groups is 2. The molecule has 0 aromatic heterocycles. The van der Waals surface area contributed by atoms with Gasteiger partial charge in [0.25, 0.3) is 5.91 Å². The maximum Gasteiger partial charge on any atom is 0.325 e. The van der Waals surface area contributed by atoms with E-state index in [4.69, 9.17) is 0 Å². The minimum Gasteiger partial charge on any atom is -0.310 e. The summed E-state index contributed by atoms with van der Waals surface area (Å²) in [4.78, 5) is 25.2. The van der Waals surface area contributed by atoms with Gasteiger partial charge in [0.2, 0.25) is 0 Å². The Kier molecular flexibility index (Phi) is 2.67. The summed E-state index contributed by atoms with van der Waals surface area (Å²) in [5.74, 6) is -0.0729. The summed E-state index contributed by atoms with van der Waals surface area (Å²) < 4.78 is 0. The molecule has 1 heterocycles. The van der Waals surface area contributed by atoms with Crippen LogP contribution in [0.5, 0.6) is 0 Å². The van der Waals surface area contributed by atoms with Gasteiger partial charge in [0.15, 0.2) is 0 Å². The Morgan fingerprint density at radius 1 is 1.20 bits per heavy atom. The van der Waals surface area contributed by atoms with Gasteiger partial charge in [-0.1, -0.05) is 25.7 Å². The number of amides is 3. The molecule has 1 aliphatic carbocycles. The first-order valence-electron chi connectivity index (χ1n) is 5.84. The summed E-state index contributed by atoms with van der Waals surface area (Å²) in [6.07, 6.45) is 6.13. The number of urea groups is 1. The van der Waals surface area contributed by atoms with Crippen LogP contribution in [0.4, 0.5) is 4.79 Å². The maximum atomic E-state index is 11.9. The molecule has 4 heteroatoms. The third-order valence-electron chi connectivity index (χ3n) is 3.65. The van der Waals surface area contributed by atoms with E-state index in [9.17, 15) is 9.59 Å². The molecule has 0 radical (unpaired) electrons. The summed E-state index contributed by atoms with van der Waals surface area (Å²) in [7, 11) is 0. The van der Waals surface area contributed by atoms with E-state index in [2.05, 4.69) is 5.32 Å². The number of hydrogen-bond acceptors (Lipinski definition) is 2. The van der Waals surface area contributed by atoms with Crippen molar-refractivity contribution in [2.75, 3.05) is 6.54 Å². The highest BCUT2D eigenvalue weighted by molar-refractivity contribution is 6.07. The van der Waals surface area contributed by atoms with Crippen molar-refractivity contribution in [3.8, 4) is 0 Å². The lowest BCUT2D eigenvalue weighted by molar-refractivity contribution is -0.127. The summed E-state index contributed by atoms with van der Waals surface area (Å²) in [5.41, 5.74) is -0.512. The standard InChI is InChI=1S/C11H18N2O2/c1-2-13-10(15)12-9(14)11(13)7-5-3-4-6-8-11/h2-8H2,1H3,(H,12,14,15). The zero-order valence-corrected chi connectivity index (χ0v) is 9.21. The molecular weight excluding hydrogens is 192 g/mol. The molecule has 4 nitrogen and oxygen atoms in total. The topological polar surface area (TPSA) is 49.4 Å². The molecule has 1 saturated heterocycles. The zero-order chi connectivity index (χ0) is 10.9. The van der Waals surface area contributed by atoms with Gasteiger partial charge in [0.05, 0.1) is 0 Å². The van der Waals surface area contributed by atoms with Crippen LogP contribution in [0.1, 0.15) is 45.4 Å². The van der Waals surface area contributed by atoms with Gasteiger partial charge >= 0.3 is 6.03 Å². The van der Waals surface area contributed by atoms with Gasteiger partial charge in [0, 0.05) is 6.54 Å². The smallest absolute Gasteiger partial charge is 0.310 e. The largest absolute Gasteiger partial charge is 0.325 e. The van der Waals surface area contributed by atoms with Crippen molar-refractivity contribution >= 4 is 11.9 Å². The van der Waals surface area contributed by atoms with Crippen LogP contribution in [0.15, 0.2) is 0 Å². The number of nitrogens with one attached hydrogen (secondary N) is 1. The van der Waals surface area contributed by atoms with Gasteiger partial charge in [-0.25, -0.2) is 4.79 Å². The van der Waals surface area contributed by atoms with Crippen LogP contribution in [-0.4, -0.2) is 28.9 Å². The molecule has 0 unspecified atom stereocenters. The minimum absolute atomic E-state index is 0.0729. The molecule has 1 spiro atoms. The van der Waals surface area contributed by atoms with E-state index in [0.717, 1.165) is 25.7 Å². The second-order valence-electron chi connectivity index (χ2n) is 4.45. The summed E-state index contributed by atoms with van der Waals surface area (Å²) in [5, 5.41) is 2.45. The molecule has 1 N–H and O–H groups in total. The van der Waals surface area contributed by atoms with E-state index in [1.54, 1.807) is 4.90 Å². The fourth-order valence-electron chi connectivity index (χ4n) is 2.85. The van der Waals surface area contributed by atoms with Gasteiger partial charge < -0.3 is 4.90 Å². The minimum atomic E-state index is -0.512. The van der Waals surface area contributed by atoms with Crippen LogP contribution < -0.4 is 5.32 Å². The molecule has 0 aromatic carbocycles. The first-order chi connectivity index (χ1) is 7.20. The van der Waals surface area contributed by atoms with Crippen molar-refractivity contribution in [1.29, 1.82) is 0 Å². The Balaban J connectivity index is 2.28. The number of carbonyl (C=O) groups excluding carboxylic acids is 2. The monoisotopic (exact) mass is 210 g/mol. The van der Waals surface area contributed by atoms with Crippen LogP contribution in [0, 0.1) is 0 Å². The molecule has 0 atom stereocenters. The van der Waals surface area contributed by atoms with Crippen molar-refractivity contribution < 1.29 is 9.59 Å². The van der Waals surface area contributed by atoms with E-state index >= 15 is 0 Å². The Bertz CT molecular complexity index is 280. The van der Waals surface area contributed by atoms with Crippen LogP contribution in [0.25, 0.3) is 0 Å². The average molecular weight is 210 g/mol. The highest BCUT2D eigenvalue weighted by Gasteiger charge is 2.51. The second kappa shape index (κ2) is 3.83. The third-order valence-corrected chi connectivity index (χ3v) is 3.65. The fraction of sp³-hybridized carbons (Fsp3) is 0.818. The number of imide groups is 1. The molecule has 1 aliphatic heterocycles. The number of rotatable bonds is 1. The van der Waals surface area contributed by atoms with Crippen molar-refractivity contribution in [3.63, 3.8) is 0 Å². The zero-order valence-electron chi connectivity index (χ0n) is 9.21. The quantitative estimate of drug-likeness (QED) is 0.669. The molecule has 2 aliphatic rings. The van der Waals surface area contributed by atoms with E-state index < -0.39 is 5.54 Å². The average Bonchev–Trinajstić information content (AvgIpc) is 2.42. The van der Waals surface area contributed by atoms with Gasteiger partial charge in [-0.2, -0.15) is 0 Å². The predicted octanol–water partition coefficient (Wildman–Crippen LogP) is 1.65. The Labute approximate surface area is 90.0 Å². The molecule has 84 valence electrons. The fourth-order valence-corrected chi connectivity index (χ4v) is 2.85. The summed E-state index contributed by atoms with van der Waals surface area (Å²) in [6.45, 7) is 2.56. The molecule has 2 rings (SSSR count). The molecule has 3 amide bonds. The van der Waals surface area contributed by atoms with Crippen molar-refractivity contribution in [2.24, 2.45) is 0 Å². The molecular formula is C11H18N2O2. The molecule has 2 fully saturated rings. The lowest BCUT2D eigenvalue weighted by Crippen LogP contribution is -2.49. The van der Waals surface area contributed by atoms with Gasteiger partial charge in [-0.15, -0.1) is 0 Å². The molecule has 0 bridgehead atoms. The van der Waals surface area contributed by atoms with Gasteiger partial charge in [-0.3, -0.25) is 10.1 Å². The summed E-state index contributed by atoms with van der Waals surface area (Å²) in [6, 6.07) is -0.204. The van der Waals surface area contributed by atoms with Gasteiger partial charge in [0.1, 0.15) is 5.54 Å². The van der Waals surface area contributed by atoms with Crippen molar-refractivity contribution in [1.82, 2.24) is 10.2 Å². The predicted molar refractivity (Wildman–Crippen MR) is 56.4 cm³/mol. The Hall–Kier alpha value is -1.06. The van der Waals surface area contributed by atoms with Gasteiger partial charge in [-0.05, 0) is 19.8 Å². The maximum absolute atomic E-state index is 11.9. The van der Waals surface area contributed by atoms with Crippen molar-refractivity contribution in [3.05, 3.63) is 0 Å². The Morgan fingerprint density at radius 3 is 2.33 bits per heavy atom. The van der Waals surface area contributed by atoms with E-state index in [1.807, 2.05) is 6.92 Å². The van der Waals surface area contributed by atoms with E-state index in [-0.39, 0.29) is 11.9 Å². The Morgan fingerprint density at radius 2 is 1.80 bits per heavy atom.